The first-order valence-electron chi connectivity index (χ1n) is 13.0. The number of carbonyl (C=O) groups excluding carboxylic acids is 1. The second kappa shape index (κ2) is 12.5. The first-order chi connectivity index (χ1) is 20.3. The quantitative estimate of drug-likeness (QED) is 0.127. The molecular formula is C32H25F3N4O2S. The second-order valence-electron chi connectivity index (χ2n) is 9.66. The highest BCUT2D eigenvalue weighted by Crippen LogP contribution is 2.47. The molecule has 1 aliphatic carbocycles. The van der Waals surface area contributed by atoms with Gasteiger partial charge in [-0.05, 0) is 53.3 Å². The Morgan fingerprint density at radius 3 is 2.50 bits per heavy atom. The van der Waals surface area contributed by atoms with E-state index in [0.717, 1.165) is 29.8 Å². The van der Waals surface area contributed by atoms with E-state index in [0.29, 0.717) is 22.4 Å². The number of aromatic nitrogens is 1. The second-order valence-corrected chi connectivity index (χ2v) is 10.6. The number of alkyl halides is 3. The number of rotatable bonds is 9. The normalized spacial score (nSPS) is 16.2. The highest BCUT2D eigenvalue weighted by molar-refractivity contribution is 7.98. The molecule has 3 aromatic carbocycles. The lowest BCUT2D eigenvalue weighted by molar-refractivity contribution is -0.141. The molecule has 1 aliphatic rings. The first kappa shape index (κ1) is 28.9. The molecule has 0 aliphatic heterocycles. The Hall–Kier alpha value is -4.62. The third kappa shape index (κ3) is 6.64. The molecule has 1 amide bonds. The number of ether oxygens (including phenoxy) is 1. The fraction of sp³-hybridized carbons (Fsp3) is 0.188. The third-order valence-electron chi connectivity index (χ3n) is 6.89. The summed E-state index contributed by atoms with van der Waals surface area (Å²) in [5.41, 5.74) is 4.69. The number of hydrogen-bond donors (Lipinski definition) is 1. The van der Waals surface area contributed by atoms with Crippen LogP contribution < -0.4 is 10.2 Å². The lowest BCUT2D eigenvalue weighted by Gasteiger charge is -2.15. The van der Waals surface area contributed by atoms with E-state index in [1.165, 1.54) is 13.3 Å². The van der Waals surface area contributed by atoms with Crippen LogP contribution in [-0.4, -0.2) is 24.2 Å². The van der Waals surface area contributed by atoms with Crippen LogP contribution in [-0.2, 0) is 16.7 Å². The van der Waals surface area contributed by atoms with Gasteiger partial charge in [-0.15, -0.1) is 11.8 Å². The number of thioether (sulfide) groups is 1. The van der Waals surface area contributed by atoms with Crippen LogP contribution >= 0.6 is 11.8 Å². The van der Waals surface area contributed by atoms with Crippen molar-refractivity contribution < 1.29 is 22.7 Å². The van der Waals surface area contributed by atoms with Gasteiger partial charge in [0.05, 0.1) is 18.9 Å². The van der Waals surface area contributed by atoms with Crippen LogP contribution in [0.4, 0.5) is 13.2 Å². The molecule has 1 saturated carbocycles. The summed E-state index contributed by atoms with van der Waals surface area (Å²) in [5, 5.41) is 14.0. The van der Waals surface area contributed by atoms with Crippen LogP contribution in [0.15, 0.2) is 95.1 Å². The summed E-state index contributed by atoms with van der Waals surface area (Å²) in [7, 11) is 1.49. The maximum atomic E-state index is 13.8. The van der Waals surface area contributed by atoms with Gasteiger partial charge >= 0.3 is 6.18 Å². The number of amides is 1. The number of hydrogen-bond acceptors (Lipinski definition) is 6. The zero-order valence-electron chi connectivity index (χ0n) is 22.4. The van der Waals surface area contributed by atoms with Crippen molar-refractivity contribution in [2.75, 3.05) is 7.11 Å². The summed E-state index contributed by atoms with van der Waals surface area (Å²) in [6, 6.07) is 26.5. The molecule has 0 bridgehead atoms. The number of carbonyl (C=O) groups is 1. The van der Waals surface area contributed by atoms with Crippen molar-refractivity contribution in [1.82, 2.24) is 10.4 Å². The number of nitrogens with one attached hydrogen (secondary N) is 1. The van der Waals surface area contributed by atoms with Crippen molar-refractivity contribution in [2.24, 2.45) is 11.0 Å². The van der Waals surface area contributed by atoms with Gasteiger partial charge in [0, 0.05) is 22.8 Å². The zero-order valence-corrected chi connectivity index (χ0v) is 23.2. The Kier molecular flexibility index (Phi) is 8.59. The summed E-state index contributed by atoms with van der Waals surface area (Å²) in [6.45, 7) is 0. The molecule has 0 saturated heterocycles. The standard InChI is InChI=1S/C32H25F3N4O2S/c1-41-28-13-12-20(18-37-39-30(40)26-15-24(26)21-8-4-2-5-9-21)14-23(28)19-42-31-27(17-36)25(22-10-6-3-7-11-22)16-29(38-31)32(33,34)35/h2-14,16,18,24,26H,15,19H2,1H3,(H,39,40)/t24-,26-/m0/s1. The van der Waals surface area contributed by atoms with Gasteiger partial charge in [-0.25, -0.2) is 10.4 Å². The van der Waals surface area contributed by atoms with Gasteiger partial charge in [0.15, 0.2) is 0 Å². The molecule has 1 fully saturated rings. The third-order valence-corrected chi connectivity index (χ3v) is 7.91. The topological polar surface area (TPSA) is 87.4 Å². The van der Waals surface area contributed by atoms with E-state index in [2.05, 4.69) is 15.5 Å². The van der Waals surface area contributed by atoms with Gasteiger partial charge in [0.2, 0.25) is 5.91 Å². The van der Waals surface area contributed by atoms with E-state index in [-0.39, 0.29) is 39.6 Å². The predicted octanol–water partition coefficient (Wildman–Crippen LogP) is 7.19. The fourth-order valence-corrected chi connectivity index (χ4v) is 5.65. The zero-order chi connectivity index (χ0) is 29.7. The molecule has 1 heterocycles. The minimum Gasteiger partial charge on any atom is -0.496 e. The first-order valence-corrected chi connectivity index (χ1v) is 14.0. The maximum absolute atomic E-state index is 13.8. The number of nitrogens with zero attached hydrogens (tertiary/aromatic N) is 3. The molecule has 4 aromatic rings. The van der Waals surface area contributed by atoms with Crippen LogP contribution in [0.1, 0.15) is 40.3 Å². The molecule has 0 radical (unpaired) electrons. The summed E-state index contributed by atoms with van der Waals surface area (Å²) in [4.78, 5) is 16.3. The largest absolute Gasteiger partial charge is 0.496 e. The summed E-state index contributed by atoms with van der Waals surface area (Å²) >= 11 is 1.01. The van der Waals surface area contributed by atoms with Crippen LogP contribution in [0, 0.1) is 17.2 Å². The van der Waals surface area contributed by atoms with Crippen molar-refractivity contribution in [3.8, 4) is 22.9 Å². The Morgan fingerprint density at radius 1 is 1.12 bits per heavy atom. The molecule has 2 atom stereocenters. The van der Waals surface area contributed by atoms with E-state index < -0.39 is 11.9 Å². The van der Waals surface area contributed by atoms with E-state index >= 15 is 0 Å². The van der Waals surface area contributed by atoms with Gasteiger partial charge < -0.3 is 4.74 Å². The van der Waals surface area contributed by atoms with E-state index in [1.54, 1.807) is 48.5 Å². The van der Waals surface area contributed by atoms with Gasteiger partial charge in [-0.1, -0.05) is 60.7 Å². The van der Waals surface area contributed by atoms with Crippen molar-refractivity contribution in [3.05, 3.63) is 113 Å². The average molecular weight is 587 g/mol. The minimum atomic E-state index is -4.69. The number of nitriles is 1. The number of pyridine rings is 1. The highest BCUT2D eigenvalue weighted by atomic mass is 32.2. The van der Waals surface area contributed by atoms with Gasteiger partial charge in [-0.3, -0.25) is 4.79 Å². The molecule has 0 spiro atoms. The van der Waals surface area contributed by atoms with E-state index in [9.17, 15) is 23.2 Å². The fourth-order valence-electron chi connectivity index (χ4n) is 4.67. The Morgan fingerprint density at radius 2 is 1.83 bits per heavy atom. The van der Waals surface area contributed by atoms with Gasteiger partial charge in [0.1, 0.15) is 22.5 Å². The smallest absolute Gasteiger partial charge is 0.433 e. The van der Waals surface area contributed by atoms with Gasteiger partial charge in [-0.2, -0.15) is 23.5 Å². The van der Waals surface area contributed by atoms with E-state index in [4.69, 9.17) is 4.74 Å². The van der Waals surface area contributed by atoms with Crippen molar-refractivity contribution >= 4 is 23.9 Å². The number of halogens is 3. The molecular weight excluding hydrogens is 561 g/mol. The van der Waals surface area contributed by atoms with Crippen LogP contribution in [0.3, 0.4) is 0 Å². The van der Waals surface area contributed by atoms with Gasteiger partial charge in [0.25, 0.3) is 0 Å². The molecule has 42 heavy (non-hydrogen) atoms. The molecule has 10 heteroatoms. The summed E-state index contributed by atoms with van der Waals surface area (Å²) in [6.07, 6.45) is -2.41. The monoisotopic (exact) mass is 586 g/mol. The minimum absolute atomic E-state index is 0.0306. The van der Waals surface area contributed by atoms with Crippen LogP contribution in [0.2, 0.25) is 0 Å². The highest BCUT2D eigenvalue weighted by Gasteiger charge is 2.43. The molecule has 5 rings (SSSR count). The van der Waals surface area contributed by atoms with Crippen molar-refractivity contribution in [3.63, 3.8) is 0 Å². The van der Waals surface area contributed by atoms with Crippen molar-refractivity contribution in [2.45, 2.75) is 29.3 Å². The van der Waals surface area contributed by atoms with Crippen LogP contribution in [0.25, 0.3) is 11.1 Å². The predicted molar refractivity (Wildman–Crippen MR) is 155 cm³/mol. The van der Waals surface area contributed by atoms with Crippen LogP contribution in [0.5, 0.6) is 5.75 Å². The Bertz CT molecular complexity index is 1650. The SMILES string of the molecule is COc1ccc(C=NNC(=O)[C@H]2C[C@H]2c2ccccc2)cc1CSc1nc(C(F)(F)F)cc(-c2ccccc2)c1C#N. The molecule has 1 aromatic heterocycles. The van der Waals surface area contributed by atoms with E-state index in [1.807, 2.05) is 36.4 Å². The molecule has 212 valence electrons. The molecule has 0 unspecified atom stereocenters. The number of hydrazone groups is 1. The molecule has 6 nitrogen and oxygen atoms in total. The van der Waals surface area contributed by atoms with Crippen molar-refractivity contribution in [1.29, 1.82) is 5.26 Å². The maximum Gasteiger partial charge on any atom is 0.433 e. The summed E-state index contributed by atoms with van der Waals surface area (Å²) in [5.74, 6) is 0.605. The average Bonchev–Trinajstić information content (AvgIpc) is 3.81. The number of methoxy groups -OCH3 is 1. The summed E-state index contributed by atoms with van der Waals surface area (Å²) < 4.78 is 46.7. The lowest BCUT2D eigenvalue weighted by Crippen LogP contribution is -2.20. The molecule has 1 N–H and O–H groups in total. The Labute approximate surface area is 245 Å². The Balaban J connectivity index is 1.33. The lowest BCUT2D eigenvalue weighted by atomic mass is 10.0. The number of benzene rings is 3.